The van der Waals surface area contributed by atoms with Crippen LogP contribution in [0.4, 0.5) is 0 Å². The summed E-state index contributed by atoms with van der Waals surface area (Å²) in [4.78, 5) is 17.3. The van der Waals surface area contributed by atoms with Gasteiger partial charge in [-0.3, -0.25) is 4.79 Å². The van der Waals surface area contributed by atoms with Crippen LogP contribution < -0.4 is 10.5 Å². The van der Waals surface area contributed by atoms with Crippen molar-refractivity contribution >= 4 is 11.6 Å². The molecule has 0 aliphatic carbocycles. The van der Waals surface area contributed by atoms with Gasteiger partial charge in [0.2, 0.25) is 5.91 Å². The third kappa shape index (κ3) is 2.95. The highest BCUT2D eigenvalue weighted by Crippen LogP contribution is 2.40. The van der Waals surface area contributed by atoms with Crippen molar-refractivity contribution in [1.29, 1.82) is 0 Å². The molecule has 2 heterocycles. The first-order chi connectivity index (χ1) is 12.9. The highest BCUT2D eigenvalue weighted by atomic mass is 16.5. The van der Waals surface area contributed by atoms with E-state index in [1.165, 1.54) is 0 Å². The Morgan fingerprint density at radius 1 is 1.19 bits per heavy atom. The number of hydrogen-bond acceptors (Lipinski definition) is 4. The van der Waals surface area contributed by atoms with E-state index >= 15 is 0 Å². The number of ether oxygens (including phenoxy) is 1. The molecule has 0 saturated heterocycles. The second-order valence-electron chi connectivity index (χ2n) is 6.88. The maximum absolute atomic E-state index is 12.6. The molecule has 0 radical (unpaired) electrons. The van der Waals surface area contributed by atoms with E-state index in [0.29, 0.717) is 18.5 Å². The van der Waals surface area contributed by atoms with Crippen molar-refractivity contribution in [1.82, 2.24) is 14.6 Å². The molecule has 0 bridgehead atoms. The lowest BCUT2D eigenvalue weighted by atomic mass is 9.74. The van der Waals surface area contributed by atoms with Crippen LogP contribution in [0, 0.1) is 13.8 Å². The summed E-state index contributed by atoms with van der Waals surface area (Å²) in [5, 5.41) is 4.83. The number of methoxy groups -OCH3 is 1. The number of rotatable bonds is 6. The van der Waals surface area contributed by atoms with Gasteiger partial charge in [0.25, 0.3) is 0 Å². The number of carbonyl (C=O) groups excluding carboxylic acids is 1. The van der Waals surface area contributed by atoms with Crippen LogP contribution in [0.1, 0.15) is 43.6 Å². The molecule has 0 unspecified atom stereocenters. The molecular formula is C21H26N4O2. The van der Waals surface area contributed by atoms with Gasteiger partial charge in [-0.15, -0.1) is 0 Å². The summed E-state index contributed by atoms with van der Waals surface area (Å²) in [6.07, 6.45) is 1.16. The van der Waals surface area contributed by atoms with Gasteiger partial charge < -0.3 is 10.5 Å². The van der Waals surface area contributed by atoms with E-state index < -0.39 is 5.41 Å². The van der Waals surface area contributed by atoms with E-state index in [1.807, 2.05) is 62.5 Å². The van der Waals surface area contributed by atoms with Crippen LogP contribution in [0.3, 0.4) is 0 Å². The predicted octanol–water partition coefficient (Wildman–Crippen LogP) is 3.56. The van der Waals surface area contributed by atoms with E-state index in [0.717, 1.165) is 34.0 Å². The number of benzene rings is 1. The molecule has 0 saturated carbocycles. The summed E-state index contributed by atoms with van der Waals surface area (Å²) < 4.78 is 7.08. The zero-order valence-electron chi connectivity index (χ0n) is 16.5. The topological polar surface area (TPSA) is 82.5 Å². The number of hydrogen-bond donors (Lipinski definition) is 1. The lowest BCUT2D eigenvalue weighted by molar-refractivity contribution is -0.123. The predicted molar refractivity (Wildman–Crippen MR) is 106 cm³/mol. The number of aryl methyl sites for hydroxylation is 2. The Bertz CT molecular complexity index is 986. The Hall–Kier alpha value is -2.89. The Morgan fingerprint density at radius 2 is 1.81 bits per heavy atom. The molecule has 0 aliphatic heterocycles. The van der Waals surface area contributed by atoms with Crippen molar-refractivity contribution in [2.45, 2.75) is 46.0 Å². The third-order valence-electron chi connectivity index (χ3n) is 5.42. The zero-order chi connectivity index (χ0) is 19.8. The lowest BCUT2D eigenvalue weighted by Crippen LogP contribution is -2.40. The molecule has 2 aromatic heterocycles. The van der Waals surface area contributed by atoms with E-state index in [1.54, 1.807) is 7.11 Å². The number of fused-ring (bicyclic) bond motifs is 1. The molecule has 3 aromatic rings. The minimum atomic E-state index is -0.829. The minimum absolute atomic E-state index is 0.349. The van der Waals surface area contributed by atoms with Gasteiger partial charge >= 0.3 is 0 Å². The molecule has 6 nitrogen and oxygen atoms in total. The number of nitrogens with two attached hydrogens (primary N) is 1. The molecule has 1 amide bonds. The first kappa shape index (κ1) is 18.9. The van der Waals surface area contributed by atoms with Gasteiger partial charge in [-0.05, 0) is 57.0 Å². The quantitative estimate of drug-likeness (QED) is 0.723. The van der Waals surface area contributed by atoms with Crippen molar-refractivity contribution in [3.63, 3.8) is 0 Å². The number of primary amides is 1. The first-order valence-corrected chi connectivity index (χ1v) is 9.19. The lowest BCUT2D eigenvalue weighted by Gasteiger charge is -2.28. The summed E-state index contributed by atoms with van der Waals surface area (Å²) in [5.74, 6) is 0.416. The van der Waals surface area contributed by atoms with Crippen LogP contribution in [0.25, 0.3) is 16.9 Å². The maximum Gasteiger partial charge on any atom is 0.228 e. The van der Waals surface area contributed by atoms with Gasteiger partial charge in [-0.25, -0.2) is 9.50 Å². The van der Waals surface area contributed by atoms with Gasteiger partial charge in [0.1, 0.15) is 5.75 Å². The van der Waals surface area contributed by atoms with Crippen LogP contribution in [0.15, 0.2) is 30.3 Å². The summed E-state index contributed by atoms with van der Waals surface area (Å²) in [6.45, 7) is 7.90. The molecule has 3 rings (SSSR count). The number of carbonyl (C=O) groups is 1. The Morgan fingerprint density at radius 3 is 2.33 bits per heavy atom. The molecule has 0 atom stereocenters. The number of aromatic nitrogens is 3. The highest BCUT2D eigenvalue weighted by molar-refractivity contribution is 5.92. The SMILES string of the molecule is CCC(CC)(C(N)=O)c1c(-c2ccc(OC)cc2)nn2c(C)cc(C)nc12. The normalized spacial score (nSPS) is 11.7. The molecular weight excluding hydrogens is 340 g/mol. The number of amides is 1. The van der Waals surface area contributed by atoms with Crippen LogP contribution in [-0.4, -0.2) is 27.6 Å². The van der Waals surface area contributed by atoms with Crippen LogP contribution >= 0.6 is 0 Å². The van der Waals surface area contributed by atoms with Crippen molar-refractivity contribution < 1.29 is 9.53 Å². The van der Waals surface area contributed by atoms with Gasteiger partial charge in [0, 0.05) is 22.5 Å². The van der Waals surface area contributed by atoms with Crippen LogP contribution in [-0.2, 0) is 10.2 Å². The van der Waals surface area contributed by atoms with Crippen molar-refractivity contribution in [3.05, 3.63) is 47.3 Å². The van der Waals surface area contributed by atoms with Gasteiger partial charge in [-0.2, -0.15) is 5.10 Å². The average Bonchev–Trinajstić information content (AvgIpc) is 3.03. The van der Waals surface area contributed by atoms with E-state index in [-0.39, 0.29) is 5.91 Å². The fraction of sp³-hybridized carbons (Fsp3) is 0.381. The molecule has 6 heteroatoms. The largest absolute Gasteiger partial charge is 0.497 e. The molecule has 0 spiro atoms. The third-order valence-corrected chi connectivity index (χ3v) is 5.42. The molecule has 2 N–H and O–H groups in total. The molecule has 0 aliphatic rings. The average molecular weight is 366 g/mol. The standard InChI is InChI=1S/C21H26N4O2/c1-6-21(7-2,20(22)26)17-18(15-8-10-16(27-5)11-9-15)24-25-14(4)12-13(3)23-19(17)25/h8-12H,6-7H2,1-5H3,(H2,22,26). The number of nitrogens with zero attached hydrogens (tertiary/aromatic N) is 3. The first-order valence-electron chi connectivity index (χ1n) is 9.19. The summed E-state index contributed by atoms with van der Waals surface area (Å²) in [5.41, 5.74) is 10.1. The highest BCUT2D eigenvalue weighted by Gasteiger charge is 2.41. The smallest absolute Gasteiger partial charge is 0.228 e. The van der Waals surface area contributed by atoms with Crippen molar-refractivity contribution in [3.8, 4) is 17.0 Å². The monoisotopic (exact) mass is 366 g/mol. The summed E-state index contributed by atoms with van der Waals surface area (Å²) in [7, 11) is 1.63. The Balaban J connectivity index is 2.42. The van der Waals surface area contributed by atoms with Crippen LogP contribution in [0.2, 0.25) is 0 Å². The van der Waals surface area contributed by atoms with Gasteiger partial charge in [-0.1, -0.05) is 13.8 Å². The molecule has 0 fully saturated rings. The maximum atomic E-state index is 12.6. The fourth-order valence-corrected chi connectivity index (χ4v) is 3.79. The van der Waals surface area contributed by atoms with E-state index in [9.17, 15) is 4.79 Å². The Labute approximate surface area is 159 Å². The second kappa shape index (κ2) is 7.02. The second-order valence-corrected chi connectivity index (χ2v) is 6.88. The summed E-state index contributed by atoms with van der Waals surface area (Å²) >= 11 is 0. The minimum Gasteiger partial charge on any atom is -0.497 e. The van der Waals surface area contributed by atoms with Gasteiger partial charge in [0.05, 0.1) is 18.2 Å². The fourth-order valence-electron chi connectivity index (χ4n) is 3.79. The van der Waals surface area contributed by atoms with Crippen LogP contribution in [0.5, 0.6) is 5.75 Å². The zero-order valence-corrected chi connectivity index (χ0v) is 16.5. The Kier molecular flexibility index (Phi) is 4.91. The van der Waals surface area contributed by atoms with E-state index in [2.05, 4.69) is 0 Å². The van der Waals surface area contributed by atoms with Crippen molar-refractivity contribution in [2.24, 2.45) is 5.73 Å². The van der Waals surface area contributed by atoms with E-state index in [4.69, 9.17) is 20.6 Å². The molecule has 1 aromatic carbocycles. The molecule has 142 valence electrons. The molecule has 27 heavy (non-hydrogen) atoms. The van der Waals surface area contributed by atoms with Gasteiger partial charge in [0.15, 0.2) is 5.65 Å². The summed E-state index contributed by atoms with van der Waals surface area (Å²) in [6, 6.07) is 9.65. The van der Waals surface area contributed by atoms with Crippen molar-refractivity contribution in [2.75, 3.05) is 7.11 Å².